The van der Waals surface area contributed by atoms with Gasteiger partial charge in [0.25, 0.3) is 0 Å². The number of hydrogen-bond acceptors (Lipinski definition) is 4. The number of nitrogens with zero attached hydrogens (tertiary/aromatic N) is 2. The van der Waals surface area contributed by atoms with Gasteiger partial charge < -0.3 is 15.7 Å². The van der Waals surface area contributed by atoms with Crippen LogP contribution in [-0.2, 0) is 4.79 Å². The van der Waals surface area contributed by atoms with Crippen molar-refractivity contribution in [1.82, 2.24) is 9.80 Å². The fraction of sp³-hybridized carbons (Fsp3) is 0.480. The van der Waals surface area contributed by atoms with Crippen molar-refractivity contribution in [2.45, 2.75) is 29.9 Å². The van der Waals surface area contributed by atoms with Crippen LogP contribution >= 0.6 is 27.7 Å². The zero-order valence-corrected chi connectivity index (χ0v) is 21.5. The van der Waals surface area contributed by atoms with Crippen LogP contribution < -0.4 is 5.32 Å². The standard InChI is InChI=1S/C21H25N3OS.C4H9Br.H2O/c1-23-11-13-24(14-12-23)15-17-20(16-7-3-2-4-8-16)26-19-10-6-5-9-18(19)22-21(17)25;1-2-3-4-5;/h2-10,17,20H,11-15H2,1H3,(H,22,25);2-4H2,1H3;1H2/t17-,20+;;/m1../s1. The minimum absolute atomic E-state index is 0. The van der Waals surface area contributed by atoms with Crippen molar-refractivity contribution in [3.8, 4) is 0 Å². The van der Waals surface area contributed by atoms with Gasteiger partial charge in [0.05, 0.1) is 11.6 Å². The molecule has 0 spiro atoms. The molecule has 32 heavy (non-hydrogen) atoms. The minimum atomic E-state index is -0.0711. The number of para-hydroxylation sites is 1. The highest BCUT2D eigenvalue weighted by Crippen LogP contribution is 2.46. The highest BCUT2D eigenvalue weighted by molar-refractivity contribution is 9.09. The molecule has 4 rings (SSSR count). The van der Waals surface area contributed by atoms with Gasteiger partial charge in [0.15, 0.2) is 0 Å². The van der Waals surface area contributed by atoms with Gasteiger partial charge in [0, 0.05) is 48.2 Å². The Bertz CT molecular complexity index is 814. The van der Waals surface area contributed by atoms with Crippen LogP contribution in [0.5, 0.6) is 0 Å². The zero-order chi connectivity index (χ0) is 22.1. The smallest absolute Gasteiger partial charge is 0.230 e. The molecule has 0 unspecified atom stereocenters. The Morgan fingerprint density at radius 2 is 1.69 bits per heavy atom. The van der Waals surface area contributed by atoms with Crippen LogP contribution in [0.1, 0.15) is 30.6 Å². The number of halogens is 1. The average Bonchev–Trinajstić information content (AvgIpc) is 2.93. The number of carbonyl (C=O) groups excluding carboxylic acids is 1. The number of carbonyl (C=O) groups is 1. The predicted molar refractivity (Wildman–Crippen MR) is 140 cm³/mol. The molecule has 7 heteroatoms. The molecule has 176 valence electrons. The van der Waals surface area contributed by atoms with Crippen LogP contribution in [0.15, 0.2) is 59.5 Å². The Morgan fingerprint density at radius 3 is 2.31 bits per heavy atom. The van der Waals surface area contributed by atoms with Crippen molar-refractivity contribution in [2.75, 3.05) is 50.4 Å². The molecule has 0 saturated carbocycles. The van der Waals surface area contributed by atoms with E-state index in [1.165, 1.54) is 18.4 Å². The molecule has 1 fully saturated rings. The topological polar surface area (TPSA) is 67.1 Å². The van der Waals surface area contributed by atoms with Gasteiger partial charge in [0.2, 0.25) is 5.91 Å². The van der Waals surface area contributed by atoms with Gasteiger partial charge in [0.1, 0.15) is 0 Å². The van der Waals surface area contributed by atoms with Gasteiger partial charge in [-0.1, -0.05) is 71.7 Å². The Kier molecular flexibility index (Phi) is 11.8. The van der Waals surface area contributed by atoms with Gasteiger partial charge in [-0.3, -0.25) is 9.69 Å². The first-order chi connectivity index (χ1) is 15.1. The Labute approximate surface area is 205 Å². The third-order valence-corrected chi connectivity index (χ3v) is 7.79. The molecule has 2 aromatic rings. The molecule has 2 aliphatic heterocycles. The van der Waals surface area contributed by atoms with Gasteiger partial charge in [-0.25, -0.2) is 0 Å². The minimum Gasteiger partial charge on any atom is -0.412 e. The van der Waals surface area contributed by atoms with Crippen molar-refractivity contribution in [1.29, 1.82) is 0 Å². The van der Waals surface area contributed by atoms with E-state index in [0.717, 1.165) is 48.6 Å². The van der Waals surface area contributed by atoms with Crippen LogP contribution in [-0.4, -0.2) is 66.3 Å². The molecule has 0 radical (unpaired) electrons. The summed E-state index contributed by atoms with van der Waals surface area (Å²) < 4.78 is 0. The number of unbranched alkanes of at least 4 members (excludes halogenated alkanes) is 1. The van der Waals surface area contributed by atoms with Crippen LogP contribution in [0.4, 0.5) is 5.69 Å². The maximum Gasteiger partial charge on any atom is 0.230 e. The summed E-state index contributed by atoms with van der Waals surface area (Å²) in [6.45, 7) is 7.18. The molecular weight excluding hydrogens is 486 g/mol. The second-order valence-corrected chi connectivity index (χ2v) is 10.2. The number of hydrogen-bond donors (Lipinski definition) is 1. The molecule has 5 nitrogen and oxygen atoms in total. The average molecular weight is 523 g/mol. The number of alkyl halides is 1. The molecule has 2 aromatic carbocycles. The maximum absolute atomic E-state index is 13.1. The van der Waals surface area contributed by atoms with E-state index in [4.69, 9.17) is 0 Å². The number of nitrogens with one attached hydrogen (secondary N) is 1. The molecule has 2 aliphatic rings. The molecule has 1 amide bonds. The summed E-state index contributed by atoms with van der Waals surface area (Å²) in [6.07, 6.45) is 2.60. The summed E-state index contributed by atoms with van der Waals surface area (Å²) >= 11 is 5.12. The summed E-state index contributed by atoms with van der Waals surface area (Å²) in [6, 6.07) is 18.6. The van der Waals surface area contributed by atoms with E-state index >= 15 is 0 Å². The molecule has 0 bridgehead atoms. The number of benzene rings is 2. The molecule has 0 aliphatic carbocycles. The number of likely N-dealkylation sites (N-methyl/N-ethyl adjacent to an activating group) is 1. The van der Waals surface area contributed by atoms with Gasteiger partial charge in [-0.2, -0.15) is 0 Å². The lowest BCUT2D eigenvalue weighted by Gasteiger charge is -2.35. The van der Waals surface area contributed by atoms with Crippen molar-refractivity contribution >= 4 is 39.3 Å². The summed E-state index contributed by atoms with van der Waals surface area (Å²) in [5, 5.41) is 4.45. The van der Waals surface area contributed by atoms with Crippen LogP contribution in [0, 0.1) is 5.92 Å². The van der Waals surface area contributed by atoms with E-state index < -0.39 is 0 Å². The van der Waals surface area contributed by atoms with Crippen molar-refractivity contribution in [3.05, 3.63) is 60.2 Å². The number of rotatable bonds is 5. The number of amides is 1. The van der Waals surface area contributed by atoms with Crippen molar-refractivity contribution < 1.29 is 10.3 Å². The first-order valence-corrected chi connectivity index (χ1v) is 13.2. The van der Waals surface area contributed by atoms with Gasteiger partial charge >= 0.3 is 0 Å². The quantitative estimate of drug-likeness (QED) is 0.579. The normalized spacial score (nSPS) is 21.3. The third kappa shape index (κ3) is 7.59. The number of piperazine rings is 1. The van der Waals surface area contributed by atoms with Gasteiger partial charge in [-0.05, 0) is 31.2 Å². The number of anilines is 1. The van der Waals surface area contributed by atoms with E-state index in [0.29, 0.717) is 0 Å². The fourth-order valence-corrected chi connectivity index (χ4v) is 5.72. The SMILES string of the molecule is CCCCBr.CN1CCN(C[C@H]2C(=O)Nc3ccccc3S[C@H]2c2ccccc2)CC1.O. The first-order valence-electron chi connectivity index (χ1n) is 11.2. The van der Waals surface area contributed by atoms with Crippen LogP contribution in [0.25, 0.3) is 0 Å². The largest absolute Gasteiger partial charge is 0.412 e. The molecule has 2 atom stereocenters. The van der Waals surface area contributed by atoms with E-state index in [1.54, 1.807) is 0 Å². The maximum atomic E-state index is 13.1. The van der Waals surface area contributed by atoms with E-state index in [2.05, 4.69) is 75.3 Å². The summed E-state index contributed by atoms with van der Waals surface area (Å²) in [5.41, 5.74) is 2.16. The van der Waals surface area contributed by atoms with E-state index in [9.17, 15) is 4.79 Å². The lowest BCUT2D eigenvalue weighted by Crippen LogP contribution is -2.48. The molecule has 2 heterocycles. The van der Waals surface area contributed by atoms with E-state index in [-0.39, 0.29) is 22.6 Å². The number of fused-ring (bicyclic) bond motifs is 1. The summed E-state index contributed by atoms with van der Waals surface area (Å²) in [7, 11) is 2.16. The van der Waals surface area contributed by atoms with Crippen LogP contribution in [0.3, 0.4) is 0 Å². The number of thioether (sulfide) groups is 1. The predicted octanol–water partition coefficient (Wildman–Crippen LogP) is 4.69. The Balaban J connectivity index is 0.000000548. The highest BCUT2D eigenvalue weighted by atomic mass is 79.9. The van der Waals surface area contributed by atoms with E-state index in [1.807, 2.05) is 36.0 Å². The van der Waals surface area contributed by atoms with Gasteiger partial charge in [-0.15, -0.1) is 11.8 Å². The lowest BCUT2D eigenvalue weighted by molar-refractivity contribution is -0.120. The summed E-state index contributed by atoms with van der Waals surface area (Å²) in [5.74, 6) is 0.0634. The second-order valence-electron chi connectivity index (χ2n) is 8.19. The fourth-order valence-electron chi connectivity index (χ4n) is 3.82. The Hall–Kier alpha value is -1.38. The van der Waals surface area contributed by atoms with Crippen molar-refractivity contribution in [2.24, 2.45) is 5.92 Å². The van der Waals surface area contributed by atoms with Crippen LogP contribution in [0.2, 0.25) is 0 Å². The first kappa shape index (κ1) is 26.9. The zero-order valence-electron chi connectivity index (χ0n) is 19.1. The lowest BCUT2D eigenvalue weighted by atomic mass is 9.96. The Morgan fingerprint density at radius 1 is 1.03 bits per heavy atom. The molecule has 0 aromatic heterocycles. The highest BCUT2D eigenvalue weighted by Gasteiger charge is 2.35. The molecule has 1 saturated heterocycles. The summed E-state index contributed by atoms with van der Waals surface area (Å²) in [4.78, 5) is 19.1. The monoisotopic (exact) mass is 521 g/mol. The molecular formula is C25H36BrN3O2S. The molecule has 3 N–H and O–H groups in total. The third-order valence-electron chi connectivity index (χ3n) is 5.77. The van der Waals surface area contributed by atoms with Crippen molar-refractivity contribution in [3.63, 3.8) is 0 Å². The second kappa shape index (κ2) is 14.0.